The van der Waals surface area contributed by atoms with Crippen LogP contribution in [0.2, 0.25) is 5.02 Å². The molecule has 5 nitrogen and oxygen atoms in total. The normalized spacial score (nSPS) is 13.0. The third-order valence-electron chi connectivity index (χ3n) is 3.52. The van der Waals surface area contributed by atoms with E-state index in [0.29, 0.717) is 34.6 Å². The quantitative estimate of drug-likeness (QED) is 0.684. The lowest BCUT2D eigenvalue weighted by molar-refractivity contribution is 0.275. The van der Waals surface area contributed by atoms with Gasteiger partial charge in [0.1, 0.15) is 5.75 Å². The highest BCUT2D eigenvalue weighted by molar-refractivity contribution is 6.62. The molecule has 0 saturated heterocycles. The second-order valence-electron chi connectivity index (χ2n) is 5.07. The molecule has 2 heterocycles. The van der Waals surface area contributed by atoms with Crippen LogP contribution in [0.3, 0.4) is 0 Å². The van der Waals surface area contributed by atoms with E-state index in [4.69, 9.17) is 27.6 Å². The van der Waals surface area contributed by atoms with Gasteiger partial charge < -0.3 is 14.4 Å². The molecular weight excluding hydrogens is 302 g/mol. The van der Waals surface area contributed by atoms with Gasteiger partial charge in [-0.2, -0.15) is 0 Å². The molecule has 2 aromatic rings. The van der Waals surface area contributed by atoms with Gasteiger partial charge >= 0.3 is 7.12 Å². The van der Waals surface area contributed by atoms with Gasteiger partial charge in [-0.25, -0.2) is 9.83 Å². The highest BCUT2D eigenvalue weighted by Gasteiger charge is 2.29. The van der Waals surface area contributed by atoms with Crippen LogP contribution < -0.4 is 10.2 Å². The van der Waals surface area contributed by atoms with Crippen LogP contribution in [0.5, 0.6) is 11.6 Å². The molecule has 0 unspecified atom stereocenters. The number of halogens is 1. The second kappa shape index (κ2) is 5.62. The Morgan fingerprint density at radius 1 is 1.41 bits per heavy atom. The zero-order valence-corrected chi connectivity index (χ0v) is 12.8. The molecule has 0 spiro atoms. The summed E-state index contributed by atoms with van der Waals surface area (Å²) in [5, 5.41) is 10.1. The molecule has 0 saturated carbocycles. The monoisotopic (exact) mass is 314 g/mol. The van der Waals surface area contributed by atoms with Crippen LogP contribution in [-0.2, 0) is 11.3 Å². The molecule has 1 aromatic carbocycles. The predicted octanol–water partition coefficient (Wildman–Crippen LogP) is 2.91. The van der Waals surface area contributed by atoms with Crippen LogP contribution >= 0.6 is 11.6 Å². The Hall–Kier alpha value is -2.07. The zero-order chi connectivity index (χ0) is 15.9. The number of ether oxygens (including phenoxy) is 1. The van der Waals surface area contributed by atoms with E-state index >= 15 is 0 Å². The summed E-state index contributed by atoms with van der Waals surface area (Å²) in [4.78, 5) is 7.58. The van der Waals surface area contributed by atoms with Gasteiger partial charge in [0, 0.05) is 11.8 Å². The first-order valence-electron chi connectivity index (χ1n) is 6.65. The Morgan fingerprint density at radius 3 is 2.86 bits per heavy atom. The molecule has 110 valence electrons. The van der Waals surface area contributed by atoms with Gasteiger partial charge in [0.15, 0.2) is 0 Å². The van der Waals surface area contributed by atoms with Crippen LogP contribution in [0.4, 0.5) is 5.69 Å². The fourth-order valence-electron chi connectivity index (χ4n) is 2.53. The molecule has 7 heteroatoms. The predicted molar refractivity (Wildman–Crippen MR) is 83.9 cm³/mol. The summed E-state index contributed by atoms with van der Waals surface area (Å²) in [7, 11) is -0.878. The van der Waals surface area contributed by atoms with E-state index in [0.717, 1.165) is 16.6 Å². The molecule has 0 aliphatic carbocycles. The highest BCUT2D eigenvalue weighted by Crippen LogP contribution is 2.33. The molecule has 0 radical (unpaired) electrons. The lowest BCUT2D eigenvalue weighted by Crippen LogP contribution is -2.30. The van der Waals surface area contributed by atoms with Gasteiger partial charge in [0.2, 0.25) is 11.6 Å². The van der Waals surface area contributed by atoms with Crippen molar-refractivity contribution in [2.24, 2.45) is 0 Å². The summed E-state index contributed by atoms with van der Waals surface area (Å²) < 4.78 is 11.0. The SMILES string of the molecule is [C-]#[N+]c1c(Cl)cc(Oc2cc(C)c3c(c2)COB3O)nc1C. The van der Waals surface area contributed by atoms with Crippen molar-refractivity contribution in [1.29, 1.82) is 0 Å². The Morgan fingerprint density at radius 2 is 2.18 bits per heavy atom. The fourth-order valence-corrected chi connectivity index (χ4v) is 2.80. The van der Waals surface area contributed by atoms with Crippen molar-refractivity contribution in [2.75, 3.05) is 0 Å². The second-order valence-corrected chi connectivity index (χ2v) is 5.47. The van der Waals surface area contributed by atoms with Crippen LogP contribution in [0, 0.1) is 20.4 Å². The van der Waals surface area contributed by atoms with Gasteiger partial charge in [-0.05, 0) is 42.6 Å². The molecule has 1 aliphatic rings. The van der Waals surface area contributed by atoms with E-state index < -0.39 is 7.12 Å². The Kier molecular flexibility index (Phi) is 3.79. The molecule has 3 rings (SSSR count). The summed E-state index contributed by atoms with van der Waals surface area (Å²) in [5.41, 5.74) is 3.42. The number of fused-ring (bicyclic) bond motifs is 1. The van der Waals surface area contributed by atoms with E-state index in [1.54, 1.807) is 6.92 Å². The standard InChI is InChI=1S/C15H12BClN2O3/c1-8-4-11(5-10-7-21-16(20)14(8)10)22-13-6-12(17)15(18-3)9(2)19-13/h4-6,20H,7H2,1-2H3. The van der Waals surface area contributed by atoms with Gasteiger partial charge in [-0.1, -0.05) is 11.6 Å². The molecule has 0 amide bonds. The van der Waals surface area contributed by atoms with Gasteiger partial charge in [-0.15, -0.1) is 0 Å². The van der Waals surface area contributed by atoms with Crippen LogP contribution in [0.1, 0.15) is 16.8 Å². The van der Waals surface area contributed by atoms with Crippen molar-refractivity contribution in [2.45, 2.75) is 20.5 Å². The van der Waals surface area contributed by atoms with Crippen LogP contribution in [0.25, 0.3) is 4.85 Å². The zero-order valence-electron chi connectivity index (χ0n) is 12.1. The smallest absolute Gasteiger partial charge is 0.439 e. The third kappa shape index (κ3) is 2.55. The summed E-state index contributed by atoms with van der Waals surface area (Å²) >= 11 is 6.06. The van der Waals surface area contributed by atoms with Crippen molar-refractivity contribution < 1.29 is 14.4 Å². The number of benzene rings is 1. The average molecular weight is 315 g/mol. The first-order chi connectivity index (χ1) is 10.5. The van der Waals surface area contributed by atoms with E-state index in [-0.39, 0.29) is 0 Å². The number of hydrogen-bond acceptors (Lipinski definition) is 4. The van der Waals surface area contributed by atoms with E-state index in [1.807, 2.05) is 19.1 Å². The molecular formula is C15H12BClN2O3. The van der Waals surface area contributed by atoms with Gasteiger partial charge in [0.05, 0.1) is 18.2 Å². The molecule has 1 aromatic heterocycles. The molecule has 0 bridgehead atoms. The van der Waals surface area contributed by atoms with Crippen molar-refractivity contribution in [3.63, 3.8) is 0 Å². The van der Waals surface area contributed by atoms with Crippen molar-refractivity contribution in [3.05, 3.63) is 51.5 Å². The number of aryl methyl sites for hydroxylation is 2. The van der Waals surface area contributed by atoms with Crippen molar-refractivity contribution in [3.8, 4) is 11.6 Å². The minimum atomic E-state index is -0.878. The minimum absolute atomic E-state index is 0.314. The minimum Gasteiger partial charge on any atom is -0.439 e. The maximum Gasteiger partial charge on any atom is 0.492 e. The molecule has 0 atom stereocenters. The summed E-state index contributed by atoms with van der Waals surface area (Å²) in [6.07, 6.45) is 0. The summed E-state index contributed by atoms with van der Waals surface area (Å²) in [6, 6.07) is 5.15. The molecule has 0 fully saturated rings. The maximum absolute atomic E-state index is 9.75. The van der Waals surface area contributed by atoms with Crippen LogP contribution in [0.15, 0.2) is 18.2 Å². The fraction of sp³-hybridized carbons (Fsp3) is 0.200. The lowest BCUT2D eigenvalue weighted by Gasteiger charge is -2.11. The van der Waals surface area contributed by atoms with Gasteiger partial charge in [-0.3, -0.25) is 0 Å². The van der Waals surface area contributed by atoms with Crippen molar-refractivity contribution in [1.82, 2.24) is 4.98 Å². The van der Waals surface area contributed by atoms with E-state index in [2.05, 4.69) is 9.83 Å². The number of nitrogens with zero attached hydrogens (tertiary/aromatic N) is 2. The number of hydrogen-bond donors (Lipinski definition) is 1. The first kappa shape index (κ1) is 14.9. The highest BCUT2D eigenvalue weighted by atomic mass is 35.5. The van der Waals surface area contributed by atoms with Crippen molar-refractivity contribution >= 4 is 29.9 Å². The number of pyridine rings is 1. The van der Waals surface area contributed by atoms with E-state index in [1.165, 1.54) is 6.07 Å². The van der Waals surface area contributed by atoms with Crippen LogP contribution in [-0.4, -0.2) is 17.1 Å². The number of aromatic nitrogens is 1. The average Bonchev–Trinajstić information content (AvgIpc) is 2.80. The van der Waals surface area contributed by atoms with E-state index in [9.17, 15) is 5.02 Å². The number of rotatable bonds is 2. The topological polar surface area (TPSA) is 55.9 Å². The summed E-state index contributed by atoms with van der Waals surface area (Å²) in [6.45, 7) is 11.0. The first-order valence-corrected chi connectivity index (χ1v) is 7.03. The molecule has 22 heavy (non-hydrogen) atoms. The molecule has 1 N–H and O–H groups in total. The Labute approximate surface area is 133 Å². The third-order valence-corrected chi connectivity index (χ3v) is 3.81. The lowest BCUT2D eigenvalue weighted by atomic mass is 9.76. The maximum atomic E-state index is 9.75. The van der Waals surface area contributed by atoms with Gasteiger partial charge in [0.25, 0.3) is 0 Å². The largest absolute Gasteiger partial charge is 0.492 e. The Bertz CT molecular complexity index is 781. The summed E-state index contributed by atoms with van der Waals surface area (Å²) in [5.74, 6) is 0.918. The Balaban J connectivity index is 1.95. The molecule has 1 aliphatic heterocycles.